The second-order valence-electron chi connectivity index (χ2n) is 22.9. The van der Waals surface area contributed by atoms with Gasteiger partial charge in [0, 0.05) is 85.4 Å². The van der Waals surface area contributed by atoms with Crippen molar-refractivity contribution in [2.75, 3.05) is 7.05 Å². The van der Waals surface area contributed by atoms with E-state index < -0.39 is 47.4 Å². The molecule has 13 rings (SSSR count). The van der Waals surface area contributed by atoms with Crippen LogP contribution in [0, 0.1) is 0 Å². The molecule has 2 aliphatic rings. The minimum absolute atomic E-state index is 0.0743. The molecule has 5 aromatic heterocycles. The Bertz CT molecular complexity index is 4900. The van der Waals surface area contributed by atoms with Crippen molar-refractivity contribution in [3.63, 3.8) is 0 Å². The molecule has 0 fully saturated rings. The molecule has 7 heterocycles. The van der Waals surface area contributed by atoms with E-state index in [0.29, 0.717) is 86.2 Å². The van der Waals surface area contributed by atoms with Crippen LogP contribution in [0.5, 0.6) is 0 Å². The molecule has 0 bridgehead atoms. The van der Waals surface area contributed by atoms with Crippen LogP contribution in [0.4, 0.5) is 26.3 Å². The molecule has 92 heavy (non-hydrogen) atoms. The number of hydrogen-bond donors (Lipinski definition) is 1. The highest BCUT2D eigenvalue weighted by Crippen LogP contribution is 2.39. The first kappa shape index (κ1) is 61.1. The Labute approximate surface area is 536 Å². The molecule has 466 valence electrons. The fourth-order valence-corrected chi connectivity index (χ4v) is 13.4. The van der Waals surface area contributed by atoms with Gasteiger partial charge in [-0.2, -0.15) is 36.5 Å². The predicted molar refractivity (Wildman–Crippen MR) is 336 cm³/mol. The quantitative estimate of drug-likeness (QED) is 0.117. The highest BCUT2D eigenvalue weighted by atomic mass is 79.9. The molecule has 3 amide bonds. The molecule has 1 N–H and O–H groups in total. The average molecular weight is 1380 g/mol. The molecule has 17 nitrogen and oxygen atoms in total. The number of aromatic nitrogens is 9. The van der Waals surface area contributed by atoms with Crippen LogP contribution in [0.3, 0.4) is 0 Å². The molecular formula is C67H52Br2F6N12O5. The van der Waals surface area contributed by atoms with Crippen LogP contribution in [0.1, 0.15) is 106 Å². The van der Waals surface area contributed by atoms with Crippen molar-refractivity contribution < 1.29 is 40.7 Å². The summed E-state index contributed by atoms with van der Waals surface area (Å²) in [6, 6.07) is 36.9. The Hall–Kier alpha value is -9.75. The maximum atomic E-state index is 15.1. The molecule has 11 aromatic rings. The number of carbonyl (C=O) groups is 3. The SMILES string of the molecule is CNC(=O)c1ccc(-n2c(=O)c3c(n4ncc(Cc5cccc(Cn6cnnc6-c6ccc(-n7c(=O)c8c(n9ncc(Cc%10ccccc%10)c79)CN(C(=O)c7ccc(Br)c(C(F)(F)F)c7)[C@@H](C)C8)cc6)c5)c24)CN(C(=O)c2ccc(Br)c(C(F)(F)F)c2)[C@@H](C)C3)cc1. The first-order valence-corrected chi connectivity index (χ1v) is 30.7. The van der Waals surface area contributed by atoms with Gasteiger partial charge in [-0.1, -0.05) is 86.5 Å². The lowest BCUT2D eigenvalue weighted by Crippen LogP contribution is -2.46. The van der Waals surface area contributed by atoms with Crippen LogP contribution in [0.25, 0.3) is 34.1 Å². The monoisotopic (exact) mass is 1380 g/mol. The zero-order valence-electron chi connectivity index (χ0n) is 49.1. The van der Waals surface area contributed by atoms with E-state index in [1.54, 1.807) is 75.0 Å². The molecule has 0 saturated carbocycles. The van der Waals surface area contributed by atoms with Crippen LogP contribution in [0.15, 0.2) is 177 Å². The van der Waals surface area contributed by atoms with Gasteiger partial charge in [0.25, 0.3) is 28.8 Å². The Morgan fingerprint density at radius 3 is 1.54 bits per heavy atom. The number of fused-ring (bicyclic) bond motifs is 6. The summed E-state index contributed by atoms with van der Waals surface area (Å²) in [6.07, 6.45) is -3.63. The zero-order valence-corrected chi connectivity index (χ0v) is 52.3. The minimum Gasteiger partial charge on any atom is -0.355 e. The van der Waals surface area contributed by atoms with Crippen molar-refractivity contribution in [2.24, 2.45) is 0 Å². The highest BCUT2D eigenvalue weighted by Gasteiger charge is 2.39. The lowest BCUT2D eigenvalue weighted by molar-refractivity contribution is -0.139. The number of benzene rings is 6. The van der Waals surface area contributed by atoms with E-state index in [-0.39, 0.29) is 69.5 Å². The van der Waals surface area contributed by atoms with Crippen molar-refractivity contribution in [3.8, 4) is 22.8 Å². The van der Waals surface area contributed by atoms with Gasteiger partial charge in [-0.25, -0.2) is 9.03 Å². The van der Waals surface area contributed by atoms with E-state index >= 15 is 4.79 Å². The standard InChI is InChI=1S/C67H52Br2F6N12O5/c1-37-24-50-56(34-82(37)62(89)44-16-22-54(68)52(29-44)66(70,71)72)86-60(46(31-78-86)27-39-8-5-4-6-9-39)84(64(50)91)48-18-12-42(13-19-48)58-80-77-36-81(58)33-41-11-7-10-40(26-41)28-47-32-79-87-57-35-83(63(90)45-17-23-55(69)53(30-45)67(73,74)75)38(2)25-51(57)65(92)85(61(47)87)49-20-14-43(15-21-49)59(88)76-3/h4-23,26,29-32,36-38H,24-25,27-28,33-35H2,1-3H3,(H,76,88)/t37-,38-/m0/s1. The zero-order chi connectivity index (χ0) is 64.7. The van der Waals surface area contributed by atoms with Gasteiger partial charge in [0.2, 0.25) is 0 Å². The molecule has 6 aromatic carbocycles. The van der Waals surface area contributed by atoms with Crippen LogP contribution in [-0.4, -0.2) is 89.8 Å². The van der Waals surface area contributed by atoms with Crippen molar-refractivity contribution >= 4 is 60.9 Å². The van der Waals surface area contributed by atoms with E-state index in [1.165, 1.54) is 41.1 Å². The third-order valence-corrected chi connectivity index (χ3v) is 18.4. The summed E-state index contributed by atoms with van der Waals surface area (Å²) in [7, 11) is 1.52. The second-order valence-corrected chi connectivity index (χ2v) is 24.6. The molecule has 2 atom stereocenters. The summed E-state index contributed by atoms with van der Waals surface area (Å²) in [5.41, 5.74) is 5.52. The Balaban J connectivity index is 0.808. The van der Waals surface area contributed by atoms with Gasteiger partial charge in [-0.05, 0) is 128 Å². The number of rotatable bonds is 12. The predicted octanol–water partition coefficient (Wildman–Crippen LogP) is 11.9. The molecule has 25 heteroatoms. The Kier molecular flexibility index (Phi) is 15.8. The molecule has 0 unspecified atom stereocenters. The maximum Gasteiger partial charge on any atom is 0.417 e. The molecule has 0 saturated heterocycles. The maximum absolute atomic E-state index is 15.1. The normalized spacial score (nSPS) is 15.0. The first-order valence-electron chi connectivity index (χ1n) is 29.1. The van der Waals surface area contributed by atoms with Crippen LogP contribution >= 0.6 is 31.9 Å². The van der Waals surface area contributed by atoms with Gasteiger partial charge >= 0.3 is 12.4 Å². The lowest BCUT2D eigenvalue weighted by atomic mass is 9.97. The van der Waals surface area contributed by atoms with Gasteiger partial charge in [0.05, 0.1) is 65.9 Å². The summed E-state index contributed by atoms with van der Waals surface area (Å²) >= 11 is 5.94. The summed E-state index contributed by atoms with van der Waals surface area (Å²) in [6.45, 7) is 3.59. The largest absolute Gasteiger partial charge is 0.417 e. The average Bonchev–Trinajstić information content (AvgIpc) is 1.41. The summed E-state index contributed by atoms with van der Waals surface area (Å²) in [5.74, 6) is -1.07. The van der Waals surface area contributed by atoms with E-state index in [2.05, 4.69) is 47.4 Å². The summed E-state index contributed by atoms with van der Waals surface area (Å²) < 4.78 is 92.0. The van der Waals surface area contributed by atoms with Gasteiger partial charge < -0.3 is 19.7 Å². The molecule has 0 spiro atoms. The number of alkyl halides is 6. The first-order chi connectivity index (χ1) is 44.0. The molecular weight excluding hydrogens is 1330 g/mol. The summed E-state index contributed by atoms with van der Waals surface area (Å²) in [5, 5.41) is 21.0. The topological polar surface area (TPSA) is 179 Å². The van der Waals surface area contributed by atoms with E-state index in [1.807, 2.05) is 83.4 Å². The number of halogens is 8. The number of nitrogens with zero attached hydrogens (tertiary/aromatic N) is 11. The third kappa shape index (κ3) is 11.2. The van der Waals surface area contributed by atoms with Crippen molar-refractivity contribution in [2.45, 2.75) is 83.6 Å². The number of nitrogens with one attached hydrogen (secondary N) is 1. The van der Waals surface area contributed by atoms with Crippen molar-refractivity contribution in [1.82, 2.24) is 58.2 Å². The lowest BCUT2D eigenvalue weighted by Gasteiger charge is -2.35. The van der Waals surface area contributed by atoms with E-state index in [9.17, 15) is 45.5 Å². The third-order valence-electron chi connectivity index (χ3n) is 17.0. The van der Waals surface area contributed by atoms with Gasteiger partial charge in [0.15, 0.2) is 5.82 Å². The Morgan fingerprint density at radius 2 is 1.04 bits per heavy atom. The van der Waals surface area contributed by atoms with Crippen LogP contribution in [-0.2, 0) is 57.7 Å². The summed E-state index contributed by atoms with van der Waals surface area (Å²) in [4.78, 5) is 73.9. The Morgan fingerprint density at radius 1 is 0.576 bits per heavy atom. The van der Waals surface area contributed by atoms with Crippen molar-refractivity contribution in [3.05, 3.63) is 266 Å². The second kappa shape index (κ2) is 23.8. The van der Waals surface area contributed by atoms with E-state index in [4.69, 9.17) is 10.2 Å². The van der Waals surface area contributed by atoms with Gasteiger partial charge in [-0.15, -0.1) is 10.2 Å². The number of carbonyl (C=O) groups excluding carboxylic acids is 3. The van der Waals surface area contributed by atoms with Crippen LogP contribution in [0.2, 0.25) is 0 Å². The fraction of sp³-hybridized carbons (Fsp3) is 0.209. The van der Waals surface area contributed by atoms with E-state index in [0.717, 1.165) is 28.8 Å². The van der Waals surface area contributed by atoms with Crippen molar-refractivity contribution in [1.29, 1.82) is 0 Å². The minimum atomic E-state index is -4.72. The number of amides is 3. The molecule has 0 radical (unpaired) electrons. The highest BCUT2D eigenvalue weighted by molar-refractivity contribution is 9.10. The smallest absolute Gasteiger partial charge is 0.355 e. The van der Waals surface area contributed by atoms with Gasteiger partial charge in [-0.3, -0.25) is 33.1 Å². The number of hydrogen-bond acceptors (Lipinski definition) is 9. The molecule has 2 aliphatic heterocycles. The van der Waals surface area contributed by atoms with Crippen LogP contribution < -0.4 is 16.4 Å². The van der Waals surface area contributed by atoms with Gasteiger partial charge in [0.1, 0.15) is 17.6 Å². The fourth-order valence-electron chi connectivity index (χ4n) is 12.5. The molecule has 0 aliphatic carbocycles.